The quantitative estimate of drug-likeness (QED) is 0.843. The van der Waals surface area contributed by atoms with Gasteiger partial charge in [-0.25, -0.2) is 4.79 Å². The zero-order chi connectivity index (χ0) is 13.8. The van der Waals surface area contributed by atoms with Crippen LogP contribution in [0.4, 0.5) is 4.79 Å². The van der Waals surface area contributed by atoms with Crippen LogP contribution in [0.5, 0.6) is 0 Å². The van der Waals surface area contributed by atoms with Crippen molar-refractivity contribution in [3.8, 4) is 0 Å². The Morgan fingerprint density at radius 1 is 0.800 bits per heavy atom. The number of carbonyl (C=O) groups excluding carboxylic acids is 1. The van der Waals surface area contributed by atoms with Crippen LogP contribution >= 0.6 is 0 Å². The predicted octanol–water partition coefficient (Wildman–Crippen LogP) is 2.59. The molecule has 0 unspecified atom stereocenters. The molecule has 0 aromatic rings. The highest BCUT2D eigenvalue weighted by molar-refractivity contribution is 5.74. The molecule has 3 fully saturated rings. The van der Waals surface area contributed by atoms with Crippen molar-refractivity contribution >= 4 is 6.03 Å². The number of hydrogen-bond donors (Lipinski definition) is 1. The molecule has 1 saturated heterocycles. The van der Waals surface area contributed by atoms with Crippen molar-refractivity contribution in [2.75, 3.05) is 26.2 Å². The molecule has 3 aliphatic rings. The number of carbonyl (C=O) groups is 1. The van der Waals surface area contributed by atoms with Crippen LogP contribution in [-0.4, -0.2) is 54.1 Å². The fourth-order valence-corrected chi connectivity index (χ4v) is 4.07. The molecule has 1 N–H and O–H groups in total. The van der Waals surface area contributed by atoms with E-state index in [2.05, 4.69) is 10.2 Å². The van der Waals surface area contributed by atoms with E-state index in [-0.39, 0.29) is 6.03 Å². The maximum Gasteiger partial charge on any atom is 0.317 e. The van der Waals surface area contributed by atoms with Crippen molar-refractivity contribution in [2.45, 2.75) is 69.9 Å². The van der Waals surface area contributed by atoms with Gasteiger partial charge in [-0.05, 0) is 25.7 Å². The van der Waals surface area contributed by atoms with E-state index in [0.717, 1.165) is 32.2 Å². The average Bonchev–Trinajstić information content (AvgIpc) is 3.03. The van der Waals surface area contributed by atoms with Crippen LogP contribution in [0.3, 0.4) is 0 Å². The highest BCUT2D eigenvalue weighted by atomic mass is 16.2. The fourth-order valence-electron chi connectivity index (χ4n) is 4.07. The third-order valence-electron chi connectivity index (χ3n) is 5.38. The molecule has 2 aliphatic carbocycles. The summed E-state index contributed by atoms with van der Waals surface area (Å²) in [5.41, 5.74) is 0. The van der Waals surface area contributed by atoms with Gasteiger partial charge in [0.25, 0.3) is 0 Å². The van der Waals surface area contributed by atoms with E-state index in [1.165, 1.54) is 57.8 Å². The van der Waals surface area contributed by atoms with Crippen LogP contribution in [-0.2, 0) is 0 Å². The van der Waals surface area contributed by atoms with Gasteiger partial charge in [0.15, 0.2) is 0 Å². The molecule has 1 aliphatic heterocycles. The second-order valence-corrected chi connectivity index (χ2v) is 6.75. The van der Waals surface area contributed by atoms with E-state index in [1.807, 2.05) is 4.90 Å². The number of nitrogens with one attached hydrogen (secondary N) is 1. The van der Waals surface area contributed by atoms with Crippen LogP contribution in [0, 0.1) is 0 Å². The third kappa shape index (κ3) is 3.46. The van der Waals surface area contributed by atoms with Crippen LogP contribution in [0.15, 0.2) is 0 Å². The standard InChI is InChI=1S/C16H29N3O/c20-16(17-14-6-2-1-3-7-14)19-12-10-18(11-13-19)15-8-4-5-9-15/h14-15H,1-13H2,(H,17,20). The molecule has 4 heteroatoms. The monoisotopic (exact) mass is 279 g/mol. The highest BCUT2D eigenvalue weighted by Crippen LogP contribution is 2.24. The molecule has 0 aromatic heterocycles. The fraction of sp³-hybridized carbons (Fsp3) is 0.938. The van der Waals surface area contributed by atoms with E-state index < -0.39 is 0 Å². The summed E-state index contributed by atoms with van der Waals surface area (Å²) >= 11 is 0. The predicted molar refractivity (Wildman–Crippen MR) is 80.8 cm³/mol. The van der Waals surface area contributed by atoms with Gasteiger partial charge in [-0.3, -0.25) is 4.90 Å². The van der Waals surface area contributed by atoms with Crippen LogP contribution in [0.2, 0.25) is 0 Å². The molecule has 4 nitrogen and oxygen atoms in total. The number of piperazine rings is 1. The van der Waals surface area contributed by atoms with Crippen LogP contribution in [0.25, 0.3) is 0 Å². The Labute approximate surface area is 122 Å². The Balaban J connectivity index is 1.41. The Hall–Kier alpha value is -0.770. The first kappa shape index (κ1) is 14.2. The van der Waals surface area contributed by atoms with Gasteiger partial charge in [-0.1, -0.05) is 32.1 Å². The summed E-state index contributed by atoms with van der Waals surface area (Å²) in [6.07, 6.45) is 11.8. The summed E-state index contributed by atoms with van der Waals surface area (Å²) in [5.74, 6) is 0. The lowest BCUT2D eigenvalue weighted by atomic mass is 9.96. The minimum Gasteiger partial charge on any atom is -0.335 e. The summed E-state index contributed by atoms with van der Waals surface area (Å²) in [7, 11) is 0. The number of rotatable bonds is 2. The van der Waals surface area contributed by atoms with Gasteiger partial charge >= 0.3 is 6.03 Å². The number of nitrogens with zero attached hydrogens (tertiary/aromatic N) is 2. The minimum atomic E-state index is 0.183. The molecule has 2 amide bonds. The van der Waals surface area contributed by atoms with Crippen LogP contribution in [0.1, 0.15) is 57.8 Å². The molecule has 114 valence electrons. The van der Waals surface area contributed by atoms with Crippen molar-refractivity contribution in [2.24, 2.45) is 0 Å². The Morgan fingerprint density at radius 3 is 2.05 bits per heavy atom. The van der Waals surface area contributed by atoms with Crippen molar-refractivity contribution in [3.63, 3.8) is 0 Å². The smallest absolute Gasteiger partial charge is 0.317 e. The number of hydrogen-bond acceptors (Lipinski definition) is 2. The number of amides is 2. The van der Waals surface area contributed by atoms with Gasteiger partial charge in [0.1, 0.15) is 0 Å². The first-order chi connectivity index (χ1) is 9.83. The van der Waals surface area contributed by atoms with E-state index >= 15 is 0 Å². The molecular weight excluding hydrogens is 250 g/mol. The molecule has 3 rings (SSSR count). The lowest BCUT2D eigenvalue weighted by Crippen LogP contribution is -2.55. The molecule has 0 atom stereocenters. The normalized spacial score (nSPS) is 26.9. The van der Waals surface area contributed by atoms with E-state index in [4.69, 9.17) is 0 Å². The van der Waals surface area contributed by atoms with Gasteiger partial charge in [0, 0.05) is 38.3 Å². The molecule has 2 saturated carbocycles. The lowest BCUT2D eigenvalue weighted by Gasteiger charge is -2.38. The summed E-state index contributed by atoms with van der Waals surface area (Å²) in [5, 5.41) is 3.24. The summed E-state index contributed by atoms with van der Waals surface area (Å²) in [4.78, 5) is 16.9. The molecule has 0 radical (unpaired) electrons. The minimum absolute atomic E-state index is 0.183. The SMILES string of the molecule is O=C(NC1CCCCC1)N1CCN(C2CCCC2)CC1. The van der Waals surface area contributed by atoms with Crippen molar-refractivity contribution in [1.29, 1.82) is 0 Å². The highest BCUT2D eigenvalue weighted by Gasteiger charge is 2.28. The van der Waals surface area contributed by atoms with Gasteiger partial charge in [-0.15, -0.1) is 0 Å². The van der Waals surface area contributed by atoms with Crippen LogP contribution < -0.4 is 5.32 Å². The topological polar surface area (TPSA) is 35.6 Å². The summed E-state index contributed by atoms with van der Waals surface area (Å²) < 4.78 is 0. The molecule has 1 heterocycles. The average molecular weight is 279 g/mol. The van der Waals surface area contributed by atoms with Gasteiger partial charge in [0.2, 0.25) is 0 Å². The largest absolute Gasteiger partial charge is 0.335 e. The summed E-state index contributed by atoms with van der Waals surface area (Å²) in [6, 6.07) is 1.42. The zero-order valence-corrected chi connectivity index (χ0v) is 12.6. The Morgan fingerprint density at radius 2 is 1.40 bits per heavy atom. The maximum atomic E-state index is 12.3. The zero-order valence-electron chi connectivity index (χ0n) is 12.6. The van der Waals surface area contributed by atoms with E-state index in [1.54, 1.807) is 0 Å². The van der Waals surface area contributed by atoms with Crippen molar-refractivity contribution < 1.29 is 4.79 Å². The van der Waals surface area contributed by atoms with E-state index in [9.17, 15) is 4.79 Å². The third-order valence-corrected chi connectivity index (χ3v) is 5.38. The number of urea groups is 1. The Bertz CT molecular complexity index is 314. The first-order valence-electron chi connectivity index (χ1n) is 8.62. The molecule has 20 heavy (non-hydrogen) atoms. The van der Waals surface area contributed by atoms with Gasteiger partial charge in [0.05, 0.1) is 0 Å². The van der Waals surface area contributed by atoms with Crippen molar-refractivity contribution in [3.05, 3.63) is 0 Å². The van der Waals surface area contributed by atoms with Crippen molar-refractivity contribution in [1.82, 2.24) is 15.1 Å². The summed E-state index contributed by atoms with van der Waals surface area (Å²) in [6.45, 7) is 3.97. The Kier molecular flexibility index (Phi) is 4.81. The lowest BCUT2D eigenvalue weighted by molar-refractivity contribution is 0.107. The van der Waals surface area contributed by atoms with E-state index in [0.29, 0.717) is 6.04 Å². The molecule has 0 aromatic carbocycles. The van der Waals surface area contributed by atoms with Gasteiger partial charge in [-0.2, -0.15) is 0 Å². The molecular formula is C16H29N3O. The first-order valence-corrected chi connectivity index (χ1v) is 8.62. The molecule has 0 bridgehead atoms. The second kappa shape index (κ2) is 6.79. The van der Waals surface area contributed by atoms with Gasteiger partial charge < -0.3 is 10.2 Å². The second-order valence-electron chi connectivity index (χ2n) is 6.75. The maximum absolute atomic E-state index is 12.3. The molecule has 0 spiro atoms.